The molecule has 0 aliphatic rings. The zero-order valence-corrected chi connectivity index (χ0v) is 24.8. The van der Waals surface area contributed by atoms with Gasteiger partial charge in [-0.1, -0.05) is 140 Å². The minimum atomic E-state index is 0.707. The van der Waals surface area contributed by atoms with Gasteiger partial charge in [0.05, 0.1) is 28.0 Å². The van der Waals surface area contributed by atoms with E-state index in [0.717, 1.165) is 72.5 Å². The number of aromatic nitrogens is 3. The Morgan fingerprint density at radius 2 is 0.957 bits per heavy atom. The molecule has 0 bridgehead atoms. The van der Waals surface area contributed by atoms with Crippen molar-refractivity contribution >= 4 is 27.7 Å². The van der Waals surface area contributed by atoms with E-state index < -0.39 is 0 Å². The van der Waals surface area contributed by atoms with Gasteiger partial charge in [0, 0.05) is 22.1 Å². The third kappa shape index (κ3) is 4.39. The van der Waals surface area contributed by atoms with Crippen molar-refractivity contribution in [2.45, 2.75) is 0 Å². The van der Waals surface area contributed by atoms with E-state index in [9.17, 15) is 0 Å². The highest BCUT2D eigenvalue weighted by molar-refractivity contribution is 6.07. The maximum Gasteiger partial charge on any atom is 0.213 e. The second-order valence-electron chi connectivity index (χ2n) is 11.5. The summed E-state index contributed by atoms with van der Waals surface area (Å²) in [5, 5.41) is 1.15. The fourth-order valence-electron chi connectivity index (χ4n) is 6.40. The van der Waals surface area contributed by atoms with E-state index >= 15 is 0 Å². The molecule has 0 amide bonds. The summed E-state index contributed by atoms with van der Waals surface area (Å²) in [5.74, 6) is 0.707. The minimum absolute atomic E-state index is 0.707. The lowest BCUT2D eigenvalue weighted by atomic mass is 10.0. The predicted octanol–water partition coefficient (Wildman–Crippen LogP) is 11.0. The van der Waals surface area contributed by atoms with Crippen LogP contribution in [0.15, 0.2) is 168 Å². The van der Waals surface area contributed by atoms with Crippen LogP contribution in [0.25, 0.3) is 83.9 Å². The third-order valence-corrected chi connectivity index (χ3v) is 8.64. The number of rotatable bonds is 5. The molecule has 3 aromatic heterocycles. The highest BCUT2D eigenvalue weighted by Gasteiger charge is 2.20. The molecule has 0 saturated carbocycles. The van der Waals surface area contributed by atoms with Crippen molar-refractivity contribution < 1.29 is 4.42 Å². The topological polar surface area (TPSA) is 43.3 Å². The van der Waals surface area contributed by atoms with Gasteiger partial charge in [-0.3, -0.25) is 4.40 Å². The van der Waals surface area contributed by atoms with Gasteiger partial charge in [0.1, 0.15) is 0 Å². The molecule has 0 spiro atoms. The molecule has 9 aromatic rings. The summed E-state index contributed by atoms with van der Waals surface area (Å²) >= 11 is 0. The Bertz CT molecular complexity index is 2440. The lowest BCUT2D eigenvalue weighted by molar-refractivity contribution is 0.658. The first-order valence-electron chi connectivity index (χ1n) is 15.4. The van der Waals surface area contributed by atoms with Crippen LogP contribution >= 0.6 is 0 Å². The first-order chi connectivity index (χ1) is 22.8. The SMILES string of the molecule is c1ccc(-c2ccc3oc4c(-c5ccc(-c6cc(-c7ccccc7)nc(-c7ccccc7)n6)cc5)c5ccccc5n4c3c2)cc1. The fourth-order valence-corrected chi connectivity index (χ4v) is 6.40. The van der Waals surface area contributed by atoms with Gasteiger partial charge < -0.3 is 4.42 Å². The maximum atomic E-state index is 6.60. The molecule has 0 saturated heterocycles. The average molecular weight is 590 g/mol. The highest BCUT2D eigenvalue weighted by Crippen LogP contribution is 2.40. The number of fused-ring (bicyclic) bond motifs is 5. The van der Waals surface area contributed by atoms with Crippen LogP contribution in [0, 0.1) is 0 Å². The summed E-state index contributed by atoms with van der Waals surface area (Å²) in [5.41, 5.74) is 13.2. The van der Waals surface area contributed by atoms with E-state index in [1.807, 2.05) is 42.5 Å². The molecular formula is C42H27N3O. The number of oxazole rings is 1. The molecule has 0 atom stereocenters. The van der Waals surface area contributed by atoms with Crippen LogP contribution in [-0.4, -0.2) is 14.4 Å². The first-order valence-corrected chi connectivity index (χ1v) is 15.4. The van der Waals surface area contributed by atoms with Crippen LogP contribution in [0.4, 0.5) is 0 Å². The van der Waals surface area contributed by atoms with Gasteiger partial charge in [0.2, 0.25) is 5.71 Å². The molecule has 4 nitrogen and oxygen atoms in total. The lowest BCUT2D eigenvalue weighted by Crippen LogP contribution is -1.95. The second kappa shape index (κ2) is 10.7. The van der Waals surface area contributed by atoms with Gasteiger partial charge in [-0.05, 0) is 41.0 Å². The number of benzene rings is 6. The smallest absolute Gasteiger partial charge is 0.213 e. The number of nitrogens with zero attached hydrogens (tertiary/aromatic N) is 3. The summed E-state index contributed by atoms with van der Waals surface area (Å²) < 4.78 is 8.85. The van der Waals surface area contributed by atoms with Gasteiger partial charge in [-0.15, -0.1) is 0 Å². The van der Waals surface area contributed by atoms with E-state index in [1.54, 1.807) is 0 Å². The maximum absolute atomic E-state index is 6.60. The molecule has 3 heterocycles. The Hall–Kier alpha value is -6.26. The van der Waals surface area contributed by atoms with Crippen molar-refractivity contribution in [3.8, 4) is 56.2 Å². The van der Waals surface area contributed by atoms with Crippen molar-refractivity contribution in [3.05, 3.63) is 164 Å². The van der Waals surface area contributed by atoms with Gasteiger partial charge in [0.15, 0.2) is 11.4 Å². The van der Waals surface area contributed by atoms with E-state index in [4.69, 9.17) is 14.4 Å². The Morgan fingerprint density at radius 3 is 1.65 bits per heavy atom. The summed E-state index contributed by atoms with van der Waals surface area (Å²) in [4.78, 5) is 9.97. The third-order valence-electron chi connectivity index (χ3n) is 8.64. The van der Waals surface area contributed by atoms with Crippen molar-refractivity contribution in [1.29, 1.82) is 0 Å². The molecule has 0 fully saturated rings. The Kier molecular flexibility index (Phi) is 6.10. The summed E-state index contributed by atoms with van der Waals surface area (Å²) in [6.07, 6.45) is 0. The van der Waals surface area contributed by atoms with Gasteiger partial charge >= 0.3 is 0 Å². The molecule has 0 aliphatic heterocycles. The summed E-state index contributed by atoms with van der Waals surface area (Å²) in [7, 11) is 0. The molecule has 9 rings (SSSR count). The largest absolute Gasteiger partial charge is 0.438 e. The number of para-hydroxylation sites is 1. The molecule has 0 N–H and O–H groups in total. The lowest BCUT2D eigenvalue weighted by Gasteiger charge is -2.10. The van der Waals surface area contributed by atoms with Crippen LogP contribution in [-0.2, 0) is 0 Å². The van der Waals surface area contributed by atoms with Gasteiger partial charge in [0.25, 0.3) is 0 Å². The van der Waals surface area contributed by atoms with Gasteiger partial charge in [-0.25, -0.2) is 9.97 Å². The Labute approximate surface area is 265 Å². The monoisotopic (exact) mass is 589 g/mol. The van der Waals surface area contributed by atoms with Gasteiger partial charge in [-0.2, -0.15) is 0 Å². The molecule has 216 valence electrons. The van der Waals surface area contributed by atoms with Crippen molar-refractivity contribution in [3.63, 3.8) is 0 Å². The van der Waals surface area contributed by atoms with Crippen LogP contribution < -0.4 is 0 Å². The molecular weight excluding hydrogens is 562 g/mol. The normalized spacial score (nSPS) is 11.5. The highest BCUT2D eigenvalue weighted by atomic mass is 16.3. The number of hydrogen-bond donors (Lipinski definition) is 0. The van der Waals surface area contributed by atoms with Crippen molar-refractivity contribution in [1.82, 2.24) is 14.4 Å². The standard InChI is InChI=1S/C42H27N3O/c1-4-12-28(13-5-1)33-24-25-39-38(26-33)45-37-19-11-10-18-34(37)40(42(45)46-39)31-22-20-30(21-23-31)36-27-35(29-14-6-2-7-15-29)43-41(44-36)32-16-8-3-9-17-32/h1-27H. The minimum Gasteiger partial charge on any atom is -0.438 e. The molecule has 0 aliphatic carbocycles. The molecule has 0 unspecified atom stereocenters. The summed E-state index contributed by atoms with van der Waals surface area (Å²) in [6, 6.07) is 56.6. The molecule has 0 radical (unpaired) electrons. The van der Waals surface area contributed by atoms with Crippen molar-refractivity contribution in [2.75, 3.05) is 0 Å². The van der Waals surface area contributed by atoms with E-state index in [-0.39, 0.29) is 0 Å². The van der Waals surface area contributed by atoms with E-state index in [2.05, 4.69) is 126 Å². The van der Waals surface area contributed by atoms with Crippen molar-refractivity contribution in [2.24, 2.45) is 0 Å². The first kappa shape index (κ1) is 26.2. The van der Waals surface area contributed by atoms with Crippen LogP contribution in [0.3, 0.4) is 0 Å². The van der Waals surface area contributed by atoms with E-state index in [0.29, 0.717) is 5.82 Å². The fraction of sp³-hybridized carbons (Fsp3) is 0. The zero-order chi connectivity index (χ0) is 30.5. The summed E-state index contributed by atoms with van der Waals surface area (Å²) in [6.45, 7) is 0. The molecule has 4 heteroatoms. The quantitative estimate of drug-likeness (QED) is 0.201. The van der Waals surface area contributed by atoms with Crippen LogP contribution in [0.1, 0.15) is 0 Å². The Morgan fingerprint density at radius 1 is 0.413 bits per heavy atom. The predicted molar refractivity (Wildman–Crippen MR) is 187 cm³/mol. The Balaban J connectivity index is 1.18. The zero-order valence-electron chi connectivity index (χ0n) is 24.8. The second-order valence-corrected chi connectivity index (χ2v) is 11.5. The average Bonchev–Trinajstić information content (AvgIpc) is 3.67. The van der Waals surface area contributed by atoms with Crippen LogP contribution in [0.2, 0.25) is 0 Å². The number of hydrogen-bond acceptors (Lipinski definition) is 3. The molecule has 6 aromatic carbocycles. The molecule has 46 heavy (non-hydrogen) atoms. The van der Waals surface area contributed by atoms with Crippen LogP contribution in [0.5, 0.6) is 0 Å². The van der Waals surface area contributed by atoms with E-state index in [1.165, 1.54) is 5.56 Å².